The summed E-state index contributed by atoms with van der Waals surface area (Å²) in [5.41, 5.74) is 2.53. The Labute approximate surface area is 146 Å². The Kier molecular flexibility index (Phi) is 5.03. The zero-order valence-corrected chi connectivity index (χ0v) is 14.9. The van der Waals surface area contributed by atoms with Crippen molar-refractivity contribution in [3.63, 3.8) is 0 Å². The van der Waals surface area contributed by atoms with E-state index in [4.69, 9.17) is 0 Å². The molecule has 0 aliphatic carbocycles. The van der Waals surface area contributed by atoms with Crippen LogP contribution < -0.4 is 5.32 Å². The molecule has 1 aliphatic rings. The number of nitrogens with one attached hydrogen (secondary N) is 1. The number of nitrogens with zero attached hydrogens (tertiary/aromatic N) is 3. The van der Waals surface area contributed by atoms with Gasteiger partial charge in [-0.1, -0.05) is 6.07 Å². The van der Waals surface area contributed by atoms with E-state index >= 15 is 0 Å². The molecule has 5 nitrogen and oxygen atoms in total. The molecule has 0 spiro atoms. The maximum Gasteiger partial charge on any atom is 0.239 e. The average Bonchev–Trinajstić information content (AvgIpc) is 3.28. The molecule has 1 amide bonds. The lowest BCUT2D eigenvalue weighted by atomic mass is 10.2. The number of nitriles is 1. The van der Waals surface area contributed by atoms with Gasteiger partial charge in [-0.3, -0.25) is 9.69 Å². The zero-order valence-electron chi connectivity index (χ0n) is 14.1. The second-order valence-electron chi connectivity index (χ2n) is 6.24. The maximum absolute atomic E-state index is 12.4. The predicted molar refractivity (Wildman–Crippen MR) is 96.3 cm³/mol. The van der Waals surface area contributed by atoms with E-state index in [0.29, 0.717) is 24.5 Å². The number of amides is 1. The normalized spacial score (nSPS) is 14.7. The monoisotopic (exact) mass is 342 g/mol. The summed E-state index contributed by atoms with van der Waals surface area (Å²) >= 11 is 1.68. The number of carbonyl (C=O) groups is 1. The fraction of sp³-hybridized carbons (Fsp3) is 0.444. The second-order valence-corrected chi connectivity index (χ2v) is 7.28. The molecule has 1 aliphatic heterocycles. The van der Waals surface area contributed by atoms with Gasteiger partial charge < -0.3 is 9.88 Å². The lowest BCUT2D eigenvalue weighted by molar-refractivity contribution is -0.117. The summed E-state index contributed by atoms with van der Waals surface area (Å²) in [4.78, 5) is 15.8. The third-order valence-electron chi connectivity index (χ3n) is 4.66. The third-order valence-corrected chi connectivity index (χ3v) is 5.52. The third kappa shape index (κ3) is 3.37. The van der Waals surface area contributed by atoms with Crippen molar-refractivity contribution in [2.45, 2.75) is 33.2 Å². The van der Waals surface area contributed by atoms with Gasteiger partial charge >= 0.3 is 0 Å². The van der Waals surface area contributed by atoms with E-state index in [-0.39, 0.29) is 5.91 Å². The number of hydrogen-bond acceptors (Lipinski definition) is 4. The van der Waals surface area contributed by atoms with Gasteiger partial charge in [0.25, 0.3) is 0 Å². The summed E-state index contributed by atoms with van der Waals surface area (Å²) < 4.78 is 2.04. The standard InChI is InChI=1S/C18H22N4OS/c1-13-14(2)22(11-15-6-5-9-24-15)18(16(13)10-19)20-17(23)12-21-7-3-4-8-21/h5-6,9H,3-4,7-8,11-12H2,1-2H3,(H,20,23). The number of rotatable bonds is 5. The molecule has 1 fully saturated rings. The largest absolute Gasteiger partial charge is 0.325 e. The van der Waals surface area contributed by atoms with Crippen LogP contribution in [-0.4, -0.2) is 35.0 Å². The Hall–Kier alpha value is -2.10. The number of thiophene rings is 1. The van der Waals surface area contributed by atoms with Gasteiger partial charge in [0.15, 0.2) is 0 Å². The lowest BCUT2D eigenvalue weighted by Gasteiger charge is -2.16. The first-order valence-electron chi connectivity index (χ1n) is 8.24. The van der Waals surface area contributed by atoms with Crippen molar-refractivity contribution in [2.75, 3.05) is 25.0 Å². The first-order chi connectivity index (χ1) is 11.6. The van der Waals surface area contributed by atoms with Gasteiger partial charge in [-0.25, -0.2) is 0 Å². The molecule has 3 heterocycles. The SMILES string of the molecule is Cc1c(C#N)c(NC(=O)CN2CCCC2)n(Cc2cccs2)c1C. The van der Waals surface area contributed by atoms with Crippen LogP contribution in [0.5, 0.6) is 0 Å². The minimum Gasteiger partial charge on any atom is -0.325 e. The van der Waals surface area contributed by atoms with Crippen LogP contribution in [0, 0.1) is 25.2 Å². The van der Waals surface area contributed by atoms with E-state index in [9.17, 15) is 10.1 Å². The van der Waals surface area contributed by atoms with Crippen molar-refractivity contribution in [3.05, 3.63) is 39.2 Å². The maximum atomic E-state index is 12.4. The number of anilines is 1. The van der Waals surface area contributed by atoms with E-state index < -0.39 is 0 Å². The molecule has 6 heteroatoms. The second kappa shape index (κ2) is 7.20. The van der Waals surface area contributed by atoms with Gasteiger partial charge in [-0.15, -0.1) is 11.3 Å². The van der Waals surface area contributed by atoms with E-state index in [2.05, 4.69) is 22.4 Å². The quantitative estimate of drug-likeness (QED) is 0.908. The summed E-state index contributed by atoms with van der Waals surface area (Å²) in [5.74, 6) is 0.587. The highest BCUT2D eigenvalue weighted by Gasteiger charge is 2.21. The molecule has 0 unspecified atom stereocenters. The fourth-order valence-corrected chi connectivity index (χ4v) is 3.89. The average molecular weight is 342 g/mol. The zero-order chi connectivity index (χ0) is 17.1. The summed E-state index contributed by atoms with van der Waals surface area (Å²) in [5, 5.41) is 14.6. The molecule has 24 heavy (non-hydrogen) atoms. The first-order valence-corrected chi connectivity index (χ1v) is 9.12. The van der Waals surface area contributed by atoms with Gasteiger partial charge in [-0.05, 0) is 56.8 Å². The Morgan fingerprint density at radius 3 is 2.75 bits per heavy atom. The van der Waals surface area contributed by atoms with Crippen molar-refractivity contribution in [3.8, 4) is 6.07 Å². The number of carbonyl (C=O) groups excluding carboxylic acids is 1. The van der Waals surface area contributed by atoms with Gasteiger partial charge in [-0.2, -0.15) is 5.26 Å². The summed E-state index contributed by atoms with van der Waals surface area (Å²) in [6.07, 6.45) is 2.31. The minimum absolute atomic E-state index is 0.0432. The van der Waals surface area contributed by atoms with Gasteiger partial charge in [0.2, 0.25) is 5.91 Å². The van der Waals surface area contributed by atoms with E-state index in [1.807, 2.05) is 29.9 Å². The Morgan fingerprint density at radius 2 is 2.12 bits per heavy atom. The number of likely N-dealkylation sites (tertiary alicyclic amines) is 1. The van der Waals surface area contributed by atoms with Crippen LogP contribution in [0.4, 0.5) is 5.82 Å². The topological polar surface area (TPSA) is 61.1 Å². The molecular formula is C18H22N4OS. The van der Waals surface area contributed by atoms with Gasteiger partial charge in [0, 0.05) is 10.6 Å². The highest BCUT2D eigenvalue weighted by Crippen LogP contribution is 2.28. The molecule has 126 valence electrons. The van der Waals surface area contributed by atoms with Crippen LogP contribution in [0.1, 0.15) is 34.5 Å². The van der Waals surface area contributed by atoms with Crippen molar-refractivity contribution in [1.82, 2.24) is 9.47 Å². The fourth-order valence-electron chi connectivity index (χ4n) is 3.20. The van der Waals surface area contributed by atoms with Crippen LogP contribution in [0.25, 0.3) is 0 Å². The van der Waals surface area contributed by atoms with Crippen molar-refractivity contribution in [1.29, 1.82) is 5.26 Å². The molecule has 0 saturated carbocycles. The first kappa shape index (κ1) is 16.7. The lowest BCUT2D eigenvalue weighted by Crippen LogP contribution is -2.31. The van der Waals surface area contributed by atoms with Crippen molar-refractivity contribution >= 4 is 23.1 Å². The molecule has 2 aromatic heterocycles. The molecule has 0 atom stereocenters. The molecular weight excluding hydrogens is 320 g/mol. The van der Waals surface area contributed by atoms with Crippen LogP contribution in [0.2, 0.25) is 0 Å². The smallest absolute Gasteiger partial charge is 0.239 e. The Balaban J connectivity index is 1.85. The van der Waals surface area contributed by atoms with Crippen LogP contribution in [0.3, 0.4) is 0 Å². The van der Waals surface area contributed by atoms with Crippen LogP contribution >= 0.6 is 11.3 Å². The number of aromatic nitrogens is 1. The Morgan fingerprint density at radius 1 is 1.38 bits per heavy atom. The number of hydrogen-bond donors (Lipinski definition) is 1. The summed E-state index contributed by atoms with van der Waals surface area (Å²) in [7, 11) is 0. The molecule has 0 radical (unpaired) electrons. The molecule has 0 aromatic carbocycles. The Bertz CT molecular complexity index is 764. The summed E-state index contributed by atoms with van der Waals surface area (Å²) in [6, 6.07) is 6.35. The van der Waals surface area contributed by atoms with Gasteiger partial charge in [0.05, 0.1) is 18.7 Å². The van der Waals surface area contributed by atoms with E-state index in [1.54, 1.807) is 11.3 Å². The van der Waals surface area contributed by atoms with Crippen molar-refractivity contribution in [2.24, 2.45) is 0 Å². The predicted octanol–water partition coefficient (Wildman–Crippen LogP) is 3.12. The highest BCUT2D eigenvalue weighted by molar-refractivity contribution is 7.09. The van der Waals surface area contributed by atoms with E-state index in [1.165, 1.54) is 4.88 Å². The van der Waals surface area contributed by atoms with Crippen LogP contribution in [-0.2, 0) is 11.3 Å². The molecule has 3 rings (SSSR count). The van der Waals surface area contributed by atoms with Gasteiger partial charge in [0.1, 0.15) is 11.9 Å². The van der Waals surface area contributed by atoms with Crippen LogP contribution in [0.15, 0.2) is 17.5 Å². The molecule has 1 saturated heterocycles. The molecule has 0 bridgehead atoms. The highest BCUT2D eigenvalue weighted by atomic mass is 32.1. The van der Waals surface area contributed by atoms with E-state index in [0.717, 1.165) is 37.2 Å². The minimum atomic E-state index is -0.0432. The summed E-state index contributed by atoms with van der Waals surface area (Å²) in [6.45, 7) is 6.97. The molecule has 2 aromatic rings. The van der Waals surface area contributed by atoms with Crippen molar-refractivity contribution < 1.29 is 4.79 Å². The molecule has 1 N–H and O–H groups in total.